The summed E-state index contributed by atoms with van der Waals surface area (Å²) in [5.41, 5.74) is 0.310. The van der Waals surface area contributed by atoms with Gasteiger partial charge in [0.25, 0.3) is 5.91 Å². The summed E-state index contributed by atoms with van der Waals surface area (Å²) in [7, 11) is 0. The van der Waals surface area contributed by atoms with Crippen molar-refractivity contribution in [3.05, 3.63) is 42.0 Å². The molecule has 1 aliphatic heterocycles. The van der Waals surface area contributed by atoms with Crippen LogP contribution in [0.3, 0.4) is 0 Å². The number of benzene rings is 2. The predicted molar refractivity (Wildman–Crippen MR) is 96.9 cm³/mol. The quantitative estimate of drug-likeness (QED) is 0.473. The number of hydrogen-bond acceptors (Lipinski definition) is 7. The van der Waals surface area contributed by atoms with Crippen LogP contribution in [0, 0.1) is 0 Å². The van der Waals surface area contributed by atoms with Crippen LogP contribution in [0.2, 0.25) is 0 Å². The first-order chi connectivity index (χ1) is 13.3. The SMILES string of the molecule is C[C@H](NC(=O)c1cccc2cc(O[C@@H]3OC[C@@H](O)[C@H](O)[C@H]3O)ccc12)C(=O)O. The molecule has 0 aromatic heterocycles. The highest BCUT2D eigenvalue weighted by atomic mass is 16.7. The number of hydrogen-bond donors (Lipinski definition) is 5. The molecule has 2 aromatic rings. The van der Waals surface area contributed by atoms with E-state index in [1.807, 2.05) is 0 Å². The molecule has 1 amide bonds. The highest BCUT2D eigenvalue weighted by molar-refractivity contribution is 6.08. The molecule has 1 saturated heterocycles. The topological polar surface area (TPSA) is 146 Å². The molecule has 1 aliphatic rings. The number of carboxylic acid groups (broad SMARTS) is 1. The van der Waals surface area contributed by atoms with Crippen LogP contribution in [0.4, 0.5) is 0 Å². The lowest BCUT2D eigenvalue weighted by Crippen LogP contribution is -2.54. The van der Waals surface area contributed by atoms with Gasteiger partial charge in [-0.2, -0.15) is 0 Å². The lowest BCUT2D eigenvalue weighted by Gasteiger charge is -2.34. The molecular weight excluding hydrogens is 370 g/mol. The van der Waals surface area contributed by atoms with Gasteiger partial charge in [0.1, 0.15) is 30.1 Å². The van der Waals surface area contributed by atoms with Crippen molar-refractivity contribution >= 4 is 22.6 Å². The number of aliphatic carboxylic acids is 1. The molecular formula is C19H21NO8. The molecule has 5 N–H and O–H groups in total. The summed E-state index contributed by atoms with van der Waals surface area (Å²) in [6, 6.07) is 8.77. The lowest BCUT2D eigenvalue weighted by atomic mass is 10.0. The first kappa shape index (κ1) is 20.0. The smallest absolute Gasteiger partial charge is 0.325 e. The number of ether oxygens (including phenoxy) is 2. The van der Waals surface area contributed by atoms with E-state index in [1.54, 1.807) is 36.4 Å². The second-order valence-corrected chi connectivity index (χ2v) is 6.59. The Labute approximate surface area is 160 Å². The second-order valence-electron chi connectivity index (χ2n) is 6.59. The molecule has 9 heteroatoms. The predicted octanol–water partition coefficient (Wildman–Crippen LogP) is -0.140. The number of aliphatic hydroxyl groups is 3. The zero-order chi connectivity index (χ0) is 20.4. The van der Waals surface area contributed by atoms with Gasteiger partial charge in [-0.15, -0.1) is 0 Å². The summed E-state index contributed by atoms with van der Waals surface area (Å²) in [6.45, 7) is 1.20. The fourth-order valence-electron chi connectivity index (χ4n) is 2.89. The summed E-state index contributed by atoms with van der Waals surface area (Å²) in [4.78, 5) is 23.3. The van der Waals surface area contributed by atoms with Gasteiger partial charge in [-0.1, -0.05) is 12.1 Å². The molecule has 0 bridgehead atoms. The van der Waals surface area contributed by atoms with Crippen LogP contribution >= 0.6 is 0 Å². The van der Waals surface area contributed by atoms with Crippen molar-refractivity contribution in [2.75, 3.05) is 6.61 Å². The van der Waals surface area contributed by atoms with E-state index in [2.05, 4.69) is 5.32 Å². The number of fused-ring (bicyclic) bond motifs is 1. The minimum atomic E-state index is -1.42. The zero-order valence-corrected chi connectivity index (χ0v) is 15.0. The molecule has 150 valence electrons. The summed E-state index contributed by atoms with van der Waals surface area (Å²) in [5.74, 6) is -1.32. The molecule has 2 aromatic carbocycles. The largest absolute Gasteiger partial charge is 0.480 e. The Hall–Kier alpha value is -2.72. The Kier molecular flexibility index (Phi) is 5.80. The maximum absolute atomic E-state index is 12.4. The van der Waals surface area contributed by atoms with Gasteiger partial charge in [-0.05, 0) is 42.0 Å². The number of aliphatic hydroxyl groups excluding tert-OH is 3. The Bertz CT molecular complexity index is 885. The van der Waals surface area contributed by atoms with Gasteiger partial charge in [0.05, 0.1) is 6.61 Å². The van der Waals surface area contributed by atoms with E-state index in [1.165, 1.54) is 6.92 Å². The van der Waals surface area contributed by atoms with Gasteiger partial charge in [0.15, 0.2) is 0 Å². The number of carboxylic acids is 1. The monoisotopic (exact) mass is 391 g/mol. The minimum Gasteiger partial charge on any atom is -0.480 e. The third-order valence-corrected chi connectivity index (χ3v) is 4.52. The molecule has 28 heavy (non-hydrogen) atoms. The number of amides is 1. The maximum atomic E-state index is 12.4. The number of carbonyl (C=O) groups is 2. The second kappa shape index (κ2) is 8.11. The van der Waals surface area contributed by atoms with E-state index >= 15 is 0 Å². The summed E-state index contributed by atoms with van der Waals surface area (Å²) < 4.78 is 10.8. The maximum Gasteiger partial charge on any atom is 0.325 e. The van der Waals surface area contributed by atoms with Crippen LogP contribution in [0.5, 0.6) is 5.75 Å². The van der Waals surface area contributed by atoms with Crippen molar-refractivity contribution in [3.63, 3.8) is 0 Å². The average Bonchev–Trinajstić information content (AvgIpc) is 2.67. The molecule has 1 fully saturated rings. The van der Waals surface area contributed by atoms with Crippen molar-refractivity contribution in [1.82, 2.24) is 5.32 Å². The van der Waals surface area contributed by atoms with E-state index in [0.717, 1.165) is 0 Å². The number of rotatable bonds is 5. The van der Waals surface area contributed by atoms with E-state index < -0.39 is 42.5 Å². The van der Waals surface area contributed by atoms with E-state index in [-0.39, 0.29) is 6.61 Å². The van der Waals surface area contributed by atoms with Crippen LogP contribution in [0.15, 0.2) is 36.4 Å². The first-order valence-corrected chi connectivity index (χ1v) is 8.67. The number of carbonyl (C=O) groups excluding carboxylic acids is 1. The fourth-order valence-corrected chi connectivity index (χ4v) is 2.89. The van der Waals surface area contributed by atoms with Gasteiger partial charge in [-0.3, -0.25) is 9.59 Å². The highest BCUT2D eigenvalue weighted by Crippen LogP contribution is 2.26. The molecule has 9 nitrogen and oxygen atoms in total. The normalized spacial score (nSPS) is 25.9. The summed E-state index contributed by atoms with van der Waals surface area (Å²) in [6.07, 6.45) is -5.15. The summed E-state index contributed by atoms with van der Waals surface area (Å²) >= 11 is 0. The van der Waals surface area contributed by atoms with Crippen LogP contribution < -0.4 is 10.1 Å². The first-order valence-electron chi connectivity index (χ1n) is 8.67. The van der Waals surface area contributed by atoms with Gasteiger partial charge < -0.3 is 35.2 Å². The van der Waals surface area contributed by atoms with Gasteiger partial charge >= 0.3 is 5.97 Å². The van der Waals surface area contributed by atoms with Gasteiger partial charge in [0, 0.05) is 5.56 Å². The Balaban J connectivity index is 1.81. The van der Waals surface area contributed by atoms with E-state index in [9.17, 15) is 24.9 Å². The van der Waals surface area contributed by atoms with Crippen molar-refractivity contribution in [3.8, 4) is 5.75 Å². The lowest BCUT2D eigenvalue weighted by molar-refractivity contribution is -0.242. The minimum absolute atomic E-state index is 0.178. The van der Waals surface area contributed by atoms with Gasteiger partial charge in [0.2, 0.25) is 6.29 Å². The highest BCUT2D eigenvalue weighted by Gasteiger charge is 2.39. The van der Waals surface area contributed by atoms with Crippen LogP contribution in [0.25, 0.3) is 10.8 Å². The van der Waals surface area contributed by atoms with E-state index in [4.69, 9.17) is 14.6 Å². The van der Waals surface area contributed by atoms with Crippen molar-refractivity contribution in [2.45, 2.75) is 37.6 Å². The van der Waals surface area contributed by atoms with Gasteiger partial charge in [-0.25, -0.2) is 0 Å². The molecule has 5 atom stereocenters. The molecule has 0 saturated carbocycles. The summed E-state index contributed by atoms with van der Waals surface area (Å²) in [5, 5.41) is 41.8. The Morgan fingerprint density at radius 3 is 2.64 bits per heavy atom. The molecule has 0 unspecified atom stereocenters. The third-order valence-electron chi connectivity index (χ3n) is 4.52. The molecule has 0 radical (unpaired) electrons. The van der Waals surface area contributed by atoms with Crippen LogP contribution in [-0.4, -0.2) is 69.6 Å². The fraction of sp³-hybridized carbons (Fsp3) is 0.368. The van der Waals surface area contributed by atoms with Crippen LogP contribution in [-0.2, 0) is 9.53 Å². The molecule has 0 spiro atoms. The Morgan fingerprint density at radius 1 is 1.18 bits per heavy atom. The van der Waals surface area contributed by atoms with Crippen molar-refractivity contribution in [2.24, 2.45) is 0 Å². The van der Waals surface area contributed by atoms with Crippen molar-refractivity contribution in [1.29, 1.82) is 0 Å². The standard InChI is InChI=1S/C19H21NO8/c1-9(18(25)26)20-17(24)13-4-2-3-10-7-11(5-6-12(10)13)28-19-16(23)15(22)14(21)8-27-19/h2-7,9,14-16,19,21-23H,8H2,1H3,(H,20,24)(H,25,26)/t9-,14+,15-,16+,19-/m0/s1. The number of nitrogens with one attached hydrogen (secondary N) is 1. The molecule has 1 heterocycles. The molecule has 0 aliphatic carbocycles. The van der Waals surface area contributed by atoms with Crippen LogP contribution in [0.1, 0.15) is 17.3 Å². The van der Waals surface area contributed by atoms with Crippen molar-refractivity contribution < 1.29 is 39.5 Å². The average molecular weight is 391 g/mol. The van der Waals surface area contributed by atoms with E-state index in [0.29, 0.717) is 22.1 Å². The Morgan fingerprint density at radius 2 is 1.93 bits per heavy atom. The zero-order valence-electron chi connectivity index (χ0n) is 15.0. The molecule has 3 rings (SSSR count). The third kappa shape index (κ3) is 4.07.